The number of hydrogen-bond donors (Lipinski definition) is 1. The molecule has 0 heterocycles. The summed E-state index contributed by atoms with van der Waals surface area (Å²) in [7, 11) is 2.31. The number of hydrogen-bond acceptors (Lipinski definition) is 1. The van der Waals surface area contributed by atoms with Gasteiger partial charge in [0.25, 0.3) is 0 Å². The van der Waals surface area contributed by atoms with Crippen molar-refractivity contribution in [2.24, 2.45) is 5.73 Å². The summed E-state index contributed by atoms with van der Waals surface area (Å²) in [6.07, 6.45) is 6.92. The van der Waals surface area contributed by atoms with Gasteiger partial charge in [-0.15, -0.1) is 0 Å². The average Bonchev–Trinajstić information content (AvgIpc) is 1.90. The van der Waals surface area contributed by atoms with Gasteiger partial charge < -0.3 is 5.73 Å². The lowest BCUT2D eigenvalue weighted by Crippen LogP contribution is -2.26. The lowest BCUT2D eigenvalue weighted by molar-refractivity contribution is 0.385. The van der Waals surface area contributed by atoms with Crippen LogP contribution in [-0.2, 0) is 0 Å². The first-order valence-corrected chi connectivity index (χ1v) is 3.97. The van der Waals surface area contributed by atoms with Crippen LogP contribution in [0.5, 0.6) is 0 Å². The second-order valence-corrected chi connectivity index (χ2v) is 3.58. The molecule has 1 aliphatic rings. The summed E-state index contributed by atoms with van der Waals surface area (Å²) in [4.78, 5) is 0. The summed E-state index contributed by atoms with van der Waals surface area (Å²) in [6.45, 7) is 0.882. The molecule has 1 saturated carbocycles. The quantitative estimate of drug-likeness (QED) is 0.513. The summed E-state index contributed by atoms with van der Waals surface area (Å²) in [5.74, 6) is 0. The molecule has 0 aliphatic heterocycles. The maximum Gasteiger partial charge on any atom is 0.111 e. The van der Waals surface area contributed by atoms with E-state index in [0.29, 0.717) is 5.31 Å². The van der Waals surface area contributed by atoms with Crippen LogP contribution < -0.4 is 5.73 Å². The van der Waals surface area contributed by atoms with Crippen LogP contribution >= 0.6 is 0 Å². The first-order chi connectivity index (χ1) is 4.27. The van der Waals surface area contributed by atoms with Crippen LogP contribution in [0, 0.1) is 0 Å². The molecule has 0 aromatic carbocycles. The van der Waals surface area contributed by atoms with Crippen LogP contribution in [0.1, 0.15) is 32.1 Å². The SMILES string of the molecule is BC1(CN)CCCCC1. The van der Waals surface area contributed by atoms with Crippen LogP contribution in [0.15, 0.2) is 0 Å². The average molecular weight is 125 g/mol. The normalized spacial score (nSPS) is 25.9. The fourth-order valence-electron chi connectivity index (χ4n) is 1.61. The predicted molar refractivity (Wildman–Crippen MR) is 43.4 cm³/mol. The summed E-state index contributed by atoms with van der Waals surface area (Å²) < 4.78 is 0. The van der Waals surface area contributed by atoms with Crippen molar-refractivity contribution < 1.29 is 0 Å². The topological polar surface area (TPSA) is 26.0 Å². The molecule has 0 atom stereocenters. The van der Waals surface area contributed by atoms with Gasteiger partial charge in [0.05, 0.1) is 0 Å². The summed E-state index contributed by atoms with van der Waals surface area (Å²) in [5, 5.41) is 0.498. The zero-order valence-corrected chi connectivity index (χ0v) is 6.32. The molecule has 2 heteroatoms. The monoisotopic (exact) mass is 125 g/mol. The molecule has 0 radical (unpaired) electrons. The minimum absolute atomic E-state index is 0.498. The Morgan fingerprint density at radius 3 is 2.11 bits per heavy atom. The molecule has 0 aromatic heterocycles. The van der Waals surface area contributed by atoms with Gasteiger partial charge in [-0.3, -0.25) is 0 Å². The second-order valence-electron chi connectivity index (χ2n) is 3.58. The fourth-order valence-corrected chi connectivity index (χ4v) is 1.61. The van der Waals surface area contributed by atoms with Crippen molar-refractivity contribution >= 4 is 7.85 Å². The fraction of sp³-hybridized carbons (Fsp3) is 1.00. The first kappa shape index (κ1) is 7.14. The van der Waals surface area contributed by atoms with E-state index in [0.717, 1.165) is 6.54 Å². The van der Waals surface area contributed by atoms with Crippen LogP contribution in [-0.4, -0.2) is 14.4 Å². The van der Waals surface area contributed by atoms with Crippen LogP contribution in [0.3, 0.4) is 0 Å². The van der Waals surface area contributed by atoms with E-state index >= 15 is 0 Å². The third-order valence-corrected chi connectivity index (χ3v) is 2.55. The molecule has 52 valence electrons. The molecule has 1 rings (SSSR count). The number of rotatable bonds is 1. The zero-order valence-electron chi connectivity index (χ0n) is 6.32. The van der Waals surface area contributed by atoms with Crippen molar-refractivity contribution in [1.29, 1.82) is 0 Å². The summed E-state index contributed by atoms with van der Waals surface area (Å²) >= 11 is 0. The van der Waals surface area contributed by atoms with Gasteiger partial charge in [-0.1, -0.05) is 32.1 Å². The second kappa shape index (κ2) is 2.74. The molecule has 1 fully saturated rings. The number of nitrogens with two attached hydrogens (primary N) is 1. The van der Waals surface area contributed by atoms with Crippen LogP contribution in [0.25, 0.3) is 0 Å². The van der Waals surface area contributed by atoms with E-state index in [4.69, 9.17) is 5.73 Å². The van der Waals surface area contributed by atoms with Crippen LogP contribution in [0.4, 0.5) is 0 Å². The Morgan fingerprint density at radius 1 is 1.22 bits per heavy atom. The molecule has 0 saturated heterocycles. The highest BCUT2D eigenvalue weighted by molar-refractivity contribution is 6.15. The summed E-state index contributed by atoms with van der Waals surface area (Å²) in [5.41, 5.74) is 5.64. The Kier molecular flexibility index (Phi) is 2.17. The largest absolute Gasteiger partial charge is 0.331 e. The van der Waals surface area contributed by atoms with Crippen molar-refractivity contribution in [3.8, 4) is 0 Å². The zero-order chi connectivity index (χ0) is 6.74. The van der Waals surface area contributed by atoms with Gasteiger partial charge >= 0.3 is 0 Å². The molecular weight excluding hydrogens is 109 g/mol. The van der Waals surface area contributed by atoms with Gasteiger partial charge in [0.1, 0.15) is 7.85 Å². The van der Waals surface area contributed by atoms with Gasteiger partial charge in [-0.05, 0) is 11.9 Å². The maximum absolute atomic E-state index is 5.64. The minimum atomic E-state index is 0.498. The molecule has 0 bridgehead atoms. The maximum atomic E-state index is 5.64. The lowest BCUT2D eigenvalue weighted by atomic mass is 9.60. The van der Waals surface area contributed by atoms with E-state index in [1.165, 1.54) is 32.1 Å². The predicted octanol–water partition coefficient (Wildman–Crippen LogP) is 0.701. The molecule has 1 aliphatic carbocycles. The Hall–Kier alpha value is 0.0249. The Balaban J connectivity index is 2.37. The third kappa shape index (κ3) is 1.72. The molecule has 0 unspecified atom stereocenters. The summed E-state index contributed by atoms with van der Waals surface area (Å²) in [6, 6.07) is 0. The molecule has 0 aromatic rings. The van der Waals surface area contributed by atoms with Gasteiger partial charge in [0.2, 0.25) is 0 Å². The van der Waals surface area contributed by atoms with Crippen LogP contribution in [0.2, 0.25) is 5.31 Å². The van der Waals surface area contributed by atoms with Crippen molar-refractivity contribution in [2.45, 2.75) is 37.4 Å². The molecule has 1 nitrogen and oxygen atoms in total. The molecule has 0 amide bonds. The molecule has 9 heavy (non-hydrogen) atoms. The Bertz CT molecular complexity index is 86.9. The highest BCUT2D eigenvalue weighted by Crippen LogP contribution is 2.38. The molecule has 2 N–H and O–H groups in total. The van der Waals surface area contributed by atoms with Gasteiger partial charge in [0, 0.05) is 0 Å². The van der Waals surface area contributed by atoms with E-state index in [2.05, 4.69) is 7.85 Å². The Morgan fingerprint density at radius 2 is 1.78 bits per heavy atom. The lowest BCUT2D eigenvalue weighted by Gasteiger charge is -2.31. The van der Waals surface area contributed by atoms with E-state index in [9.17, 15) is 0 Å². The smallest absolute Gasteiger partial charge is 0.111 e. The van der Waals surface area contributed by atoms with Gasteiger partial charge in [-0.2, -0.15) is 0 Å². The van der Waals surface area contributed by atoms with Crippen molar-refractivity contribution in [3.05, 3.63) is 0 Å². The van der Waals surface area contributed by atoms with Crippen molar-refractivity contribution in [2.75, 3.05) is 6.54 Å². The molecule has 0 spiro atoms. The van der Waals surface area contributed by atoms with E-state index < -0.39 is 0 Å². The van der Waals surface area contributed by atoms with Crippen molar-refractivity contribution in [1.82, 2.24) is 0 Å². The highest BCUT2D eigenvalue weighted by atomic mass is 14.6. The van der Waals surface area contributed by atoms with E-state index in [1.807, 2.05) is 0 Å². The Labute approximate surface area is 58.4 Å². The van der Waals surface area contributed by atoms with Gasteiger partial charge in [-0.25, -0.2) is 0 Å². The van der Waals surface area contributed by atoms with E-state index in [-0.39, 0.29) is 0 Å². The minimum Gasteiger partial charge on any atom is -0.331 e. The molecular formula is C7H16BN. The highest BCUT2D eigenvalue weighted by Gasteiger charge is 2.24. The van der Waals surface area contributed by atoms with E-state index in [1.54, 1.807) is 0 Å². The van der Waals surface area contributed by atoms with Gasteiger partial charge in [0.15, 0.2) is 0 Å². The first-order valence-electron chi connectivity index (χ1n) is 3.97. The third-order valence-electron chi connectivity index (χ3n) is 2.55. The standard InChI is InChI=1S/C7H16BN/c8-7(6-9)4-2-1-3-5-7/h1-6,8-9H2. The van der Waals surface area contributed by atoms with Crippen molar-refractivity contribution in [3.63, 3.8) is 0 Å².